The number of rotatable bonds is 3. The van der Waals surface area contributed by atoms with Gasteiger partial charge in [0.05, 0.1) is 0 Å². The highest BCUT2D eigenvalue weighted by atomic mass is 19.1. The molecule has 1 aliphatic carbocycles. The van der Waals surface area contributed by atoms with Gasteiger partial charge in [0.1, 0.15) is 5.82 Å². The van der Waals surface area contributed by atoms with Crippen molar-refractivity contribution in [2.24, 2.45) is 17.1 Å². The summed E-state index contributed by atoms with van der Waals surface area (Å²) in [7, 11) is 0. The van der Waals surface area contributed by atoms with Crippen LogP contribution in [0.5, 0.6) is 0 Å². The molecule has 2 heteroatoms. The maximum atomic E-state index is 13.4. The third-order valence-electron chi connectivity index (χ3n) is 4.50. The highest BCUT2D eigenvalue weighted by Crippen LogP contribution is 2.41. The van der Waals surface area contributed by atoms with Gasteiger partial charge in [0, 0.05) is 0 Å². The van der Waals surface area contributed by atoms with E-state index in [0.717, 1.165) is 17.9 Å². The SMILES string of the molecule is Cc1ccc(F)cc1CC1(CN)CCCC(C)C1. The van der Waals surface area contributed by atoms with E-state index in [1.807, 2.05) is 6.07 Å². The summed E-state index contributed by atoms with van der Waals surface area (Å²) in [4.78, 5) is 0. The molecule has 1 aromatic carbocycles. The average Bonchev–Trinajstić information content (AvgIpc) is 2.34. The maximum absolute atomic E-state index is 13.4. The van der Waals surface area contributed by atoms with E-state index in [2.05, 4.69) is 13.8 Å². The number of halogens is 1. The highest BCUT2D eigenvalue weighted by Gasteiger charge is 2.34. The summed E-state index contributed by atoms with van der Waals surface area (Å²) in [5.74, 6) is 0.614. The van der Waals surface area contributed by atoms with Crippen LogP contribution < -0.4 is 5.73 Å². The van der Waals surface area contributed by atoms with E-state index >= 15 is 0 Å². The Balaban J connectivity index is 2.21. The first-order valence-electron chi connectivity index (χ1n) is 7.00. The molecule has 1 nitrogen and oxygen atoms in total. The third kappa shape index (κ3) is 2.92. The van der Waals surface area contributed by atoms with Crippen molar-refractivity contribution in [2.45, 2.75) is 46.0 Å². The van der Waals surface area contributed by atoms with Gasteiger partial charge >= 0.3 is 0 Å². The first-order chi connectivity index (χ1) is 8.54. The molecule has 0 amide bonds. The lowest BCUT2D eigenvalue weighted by atomic mass is 9.67. The Morgan fingerprint density at radius 1 is 1.44 bits per heavy atom. The Morgan fingerprint density at radius 3 is 2.89 bits per heavy atom. The third-order valence-corrected chi connectivity index (χ3v) is 4.50. The molecule has 0 spiro atoms. The van der Waals surface area contributed by atoms with E-state index in [4.69, 9.17) is 5.73 Å². The van der Waals surface area contributed by atoms with E-state index in [1.54, 1.807) is 6.07 Å². The lowest BCUT2D eigenvalue weighted by Crippen LogP contribution is -2.37. The van der Waals surface area contributed by atoms with E-state index in [1.165, 1.54) is 37.3 Å². The molecule has 1 aliphatic rings. The second-order valence-corrected chi connectivity index (χ2v) is 6.15. The van der Waals surface area contributed by atoms with Gasteiger partial charge in [0.15, 0.2) is 0 Å². The molecule has 2 atom stereocenters. The molecule has 0 aromatic heterocycles. The number of hydrogen-bond acceptors (Lipinski definition) is 1. The number of benzene rings is 1. The summed E-state index contributed by atoms with van der Waals surface area (Å²) < 4.78 is 13.4. The Bertz CT molecular complexity index is 416. The van der Waals surface area contributed by atoms with Crippen molar-refractivity contribution in [1.82, 2.24) is 0 Å². The molecule has 0 aliphatic heterocycles. The summed E-state index contributed by atoms with van der Waals surface area (Å²) in [6, 6.07) is 5.10. The van der Waals surface area contributed by atoms with Crippen LogP contribution in [0.4, 0.5) is 4.39 Å². The van der Waals surface area contributed by atoms with Gasteiger partial charge in [-0.2, -0.15) is 0 Å². The Morgan fingerprint density at radius 2 is 2.22 bits per heavy atom. The summed E-state index contributed by atoms with van der Waals surface area (Å²) in [6.07, 6.45) is 5.86. The minimum absolute atomic E-state index is 0.133. The standard InChI is InChI=1S/C16H24FN/c1-12-4-3-7-16(9-12,11-18)10-14-8-15(17)6-5-13(14)2/h5-6,8,12H,3-4,7,9-11,18H2,1-2H3. The zero-order chi connectivity index (χ0) is 13.2. The minimum Gasteiger partial charge on any atom is -0.330 e. The fourth-order valence-electron chi connectivity index (χ4n) is 3.42. The molecule has 2 rings (SSSR count). The van der Waals surface area contributed by atoms with Gasteiger partial charge in [-0.25, -0.2) is 4.39 Å². The van der Waals surface area contributed by atoms with Crippen molar-refractivity contribution in [3.8, 4) is 0 Å². The molecule has 2 unspecified atom stereocenters. The fourth-order valence-corrected chi connectivity index (χ4v) is 3.42. The van der Waals surface area contributed by atoms with Crippen molar-refractivity contribution in [1.29, 1.82) is 0 Å². The van der Waals surface area contributed by atoms with Gasteiger partial charge in [0.25, 0.3) is 0 Å². The summed E-state index contributed by atoms with van der Waals surface area (Å²) in [6.45, 7) is 5.08. The lowest BCUT2D eigenvalue weighted by molar-refractivity contribution is 0.153. The molecule has 1 fully saturated rings. The fraction of sp³-hybridized carbons (Fsp3) is 0.625. The van der Waals surface area contributed by atoms with Crippen LogP contribution >= 0.6 is 0 Å². The number of nitrogens with two attached hydrogens (primary N) is 1. The van der Waals surface area contributed by atoms with Gasteiger partial charge in [-0.1, -0.05) is 25.8 Å². The Hall–Kier alpha value is -0.890. The second kappa shape index (κ2) is 5.40. The summed E-state index contributed by atoms with van der Waals surface area (Å²) in [5, 5.41) is 0. The Kier molecular flexibility index (Phi) is 4.06. The van der Waals surface area contributed by atoms with E-state index < -0.39 is 0 Å². The summed E-state index contributed by atoms with van der Waals surface area (Å²) in [5.41, 5.74) is 8.55. The molecule has 0 saturated heterocycles. The van der Waals surface area contributed by atoms with Crippen molar-refractivity contribution < 1.29 is 4.39 Å². The quantitative estimate of drug-likeness (QED) is 0.865. The first-order valence-corrected chi connectivity index (χ1v) is 7.00. The van der Waals surface area contributed by atoms with Gasteiger partial charge in [-0.15, -0.1) is 0 Å². The van der Waals surface area contributed by atoms with Gasteiger partial charge in [-0.05, 0) is 67.3 Å². The Labute approximate surface area is 110 Å². The van der Waals surface area contributed by atoms with E-state index in [-0.39, 0.29) is 11.2 Å². The summed E-state index contributed by atoms with van der Waals surface area (Å²) >= 11 is 0. The van der Waals surface area contributed by atoms with Crippen LogP contribution in [0.2, 0.25) is 0 Å². The maximum Gasteiger partial charge on any atom is 0.123 e. The van der Waals surface area contributed by atoms with Gasteiger partial charge in [-0.3, -0.25) is 0 Å². The van der Waals surface area contributed by atoms with Crippen molar-refractivity contribution in [3.63, 3.8) is 0 Å². The molecule has 100 valence electrons. The van der Waals surface area contributed by atoms with Crippen LogP contribution in [-0.2, 0) is 6.42 Å². The zero-order valence-electron chi connectivity index (χ0n) is 11.5. The number of hydrogen-bond donors (Lipinski definition) is 1. The molecule has 0 heterocycles. The number of aryl methyl sites for hydroxylation is 1. The highest BCUT2D eigenvalue weighted by molar-refractivity contribution is 5.28. The molecule has 18 heavy (non-hydrogen) atoms. The van der Waals surface area contributed by atoms with Crippen LogP contribution in [0.15, 0.2) is 18.2 Å². The molecule has 1 saturated carbocycles. The lowest BCUT2D eigenvalue weighted by Gasteiger charge is -2.39. The largest absolute Gasteiger partial charge is 0.330 e. The minimum atomic E-state index is -0.133. The molecular formula is C16H24FN. The van der Waals surface area contributed by atoms with Crippen LogP contribution in [0.3, 0.4) is 0 Å². The van der Waals surface area contributed by atoms with Crippen LogP contribution in [0, 0.1) is 24.1 Å². The molecule has 0 radical (unpaired) electrons. The van der Waals surface area contributed by atoms with Crippen LogP contribution in [0.25, 0.3) is 0 Å². The topological polar surface area (TPSA) is 26.0 Å². The zero-order valence-corrected chi connectivity index (χ0v) is 11.5. The normalized spacial score (nSPS) is 28.3. The molecular weight excluding hydrogens is 225 g/mol. The van der Waals surface area contributed by atoms with Gasteiger partial charge in [0.2, 0.25) is 0 Å². The monoisotopic (exact) mass is 249 g/mol. The van der Waals surface area contributed by atoms with E-state index in [0.29, 0.717) is 6.54 Å². The van der Waals surface area contributed by atoms with Crippen molar-refractivity contribution >= 4 is 0 Å². The van der Waals surface area contributed by atoms with Crippen molar-refractivity contribution in [3.05, 3.63) is 35.1 Å². The smallest absolute Gasteiger partial charge is 0.123 e. The predicted molar refractivity (Wildman–Crippen MR) is 74.0 cm³/mol. The average molecular weight is 249 g/mol. The second-order valence-electron chi connectivity index (χ2n) is 6.15. The molecule has 2 N–H and O–H groups in total. The molecule has 0 bridgehead atoms. The van der Waals surface area contributed by atoms with E-state index in [9.17, 15) is 4.39 Å². The van der Waals surface area contributed by atoms with Crippen LogP contribution in [-0.4, -0.2) is 6.54 Å². The molecule has 1 aromatic rings. The predicted octanol–water partition coefficient (Wildman–Crippen LogP) is 3.83. The van der Waals surface area contributed by atoms with Crippen molar-refractivity contribution in [2.75, 3.05) is 6.54 Å². The first kappa shape index (κ1) is 13.5. The van der Waals surface area contributed by atoms with Crippen LogP contribution in [0.1, 0.15) is 43.7 Å². The van der Waals surface area contributed by atoms with Gasteiger partial charge < -0.3 is 5.73 Å².